The van der Waals surface area contributed by atoms with E-state index in [0.717, 1.165) is 39.1 Å². The molecule has 0 atom stereocenters. The molecule has 1 aromatic rings. The van der Waals surface area contributed by atoms with Crippen LogP contribution in [0.1, 0.15) is 23.7 Å². The van der Waals surface area contributed by atoms with Crippen LogP contribution >= 0.6 is 0 Å². The number of carbonyl (C=O) groups excluding carboxylic acids is 1. The van der Waals surface area contributed by atoms with Gasteiger partial charge in [-0.2, -0.15) is 0 Å². The van der Waals surface area contributed by atoms with Crippen molar-refractivity contribution in [3.05, 3.63) is 29.8 Å². The molecular formula is C18H26N2O6. The molecule has 2 rings (SSSR count). The maximum absolute atomic E-state index is 11.5. The predicted octanol–water partition coefficient (Wildman–Crippen LogP) is 1.06. The largest absolute Gasteiger partial charge is 0.493 e. The number of likely N-dealkylation sites (N-methyl/N-ethyl adjacent to an activating group) is 1. The zero-order valence-corrected chi connectivity index (χ0v) is 15.2. The molecule has 0 aliphatic carbocycles. The van der Waals surface area contributed by atoms with Gasteiger partial charge in [0.25, 0.3) is 0 Å². The number of carboxylic acid groups (broad SMARTS) is 2. The Kier molecular flexibility index (Phi) is 9.32. The van der Waals surface area contributed by atoms with Gasteiger partial charge >= 0.3 is 11.9 Å². The van der Waals surface area contributed by atoms with Crippen molar-refractivity contribution in [2.45, 2.75) is 13.3 Å². The smallest absolute Gasteiger partial charge is 0.414 e. The van der Waals surface area contributed by atoms with E-state index in [1.165, 1.54) is 0 Å². The molecule has 0 saturated carbocycles. The number of carboxylic acids is 2. The molecule has 0 aromatic heterocycles. The number of hydrogen-bond donors (Lipinski definition) is 2. The lowest BCUT2D eigenvalue weighted by Crippen LogP contribution is -2.44. The van der Waals surface area contributed by atoms with Crippen molar-refractivity contribution in [2.75, 3.05) is 46.4 Å². The van der Waals surface area contributed by atoms with Gasteiger partial charge in [-0.15, -0.1) is 0 Å². The molecule has 0 unspecified atom stereocenters. The van der Waals surface area contributed by atoms with Gasteiger partial charge < -0.3 is 24.7 Å². The Morgan fingerprint density at radius 2 is 1.62 bits per heavy atom. The molecule has 0 amide bonds. The van der Waals surface area contributed by atoms with Crippen LogP contribution in [-0.2, 0) is 9.59 Å². The van der Waals surface area contributed by atoms with Crippen molar-refractivity contribution in [2.24, 2.45) is 0 Å². The van der Waals surface area contributed by atoms with E-state index in [2.05, 4.69) is 16.8 Å². The van der Waals surface area contributed by atoms with Crippen LogP contribution in [0.2, 0.25) is 0 Å². The van der Waals surface area contributed by atoms with Crippen LogP contribution in [0, 0.1) is 0 Å². The van der Waals surface area contributed by atoms with E-state index in [0.29, 0.717) is 17.9 Å². The Bertz CT molecular complexity index is 599. The van der Waals surface area contributed by atoms with Crippen molar-refractivity contribution in [3.8, 4) is 5.75 Å². The summed E-state index contributed by atoms with van der Waals surface area (Å²) < 4.78 is 5.75. The van der Waals surface area contributed by atoms with Crippen LogP contribution in [0.5, 0.6) is 5.75 Å². The molecule has 26 heavy (non-hydrogen) atoms. The number of hydrogen-bond acceptors (Lipinski definition) is 6. The van der Waals surface area contributed by atoms with Crippen molar-refractivity contribution in [1.82, 2.24) is 9.80 Å². The Morgan fingerprint density at radius 3 is 2.15 bits per heavy atom. The van der Waals surface area contributed by atoms with E-state index >= 15 is 0 Å². The number of para-hydroxylation sites is 1. The summed E-state index contributed by atoms with van der Waals surface area (Å²) in [6, 6.07) is 7.46. The minimum atomic E-state index is -1.82. The maximum Gasteiger partial charge on any atom is 0.414 e. The Morgan fingerprint density at radius 1 is 1.04 bits per heavy atom. The summed E-state index contributed by atoms with van der Waals surface area (Å²) in [5.41, 5.74) is 0.673. The molecule has 1 aliphatic rings. The van der Waals surface area contributed by atoms with Crippen LogP contribution in [0.15, 0.2) is 24.3 Å². The monoisotopic (exact) mass is 366 g/mol. The van der Waals surface area contributed by atoms with Crippen LogP contribution in [0.25, 0.3) is 0 Å². The van der Waals surface area contributed by atoms with E-state index < -0.39 is 11.9 Å². The zero-order chi connectivity index (χ0) is 19.5. The number of nitrogens with zero attached hydrogens (tertiary/aromatic N) is 2. The van der Waals surface area contributed by atoms with Gasteiger partial charge in [-0.25, -0.2) is 9.59 Å². The Balaban J connectivity index is 0.000000487. The molecule has 1 fully saturated rings. The molecule has 144 valence electrons. The summed E-state index contributed by atoms with van der Waals surface area (Å²) in [5.74, 6) is -2.89. The van der Waals surface area contributed by atoms with Gasteiger partial charge in [0.1, 0.15) is 5.75 Å². The molecule has 8 heteroatoms. The highest BCUT2D eigenvalue weighted by Gasteiger charge is 2.13. The summed E-state index contributed by atoms with van der Waals surface area (Å²) >= 11 is 0. The van der Waals surface area contributed by atoms with E-state index in [1.54, 1.807) is 6.92 Å². The molecule has 0 spiro atoms. The third kappa shape index (κ3) is 8.09. The van der Waals surface area contributed by atoms with Crippen molar-refractivity contribution < 1.29 is 29.3 Å². The molecule has 1 aliphatic heterocycles. The molecule has 1 heterocycles. The number of aliphatic carboxylic acids is 2. The van der Waals surface area contributed by atoms with E-state index in [9.17, 15) is 4.79 Å². The summed E-state index contributed by atoms with van der Waals surface area (Å²) in [7, 11) is 2.17. The van der Waals surface area contributed by atoms with Crippen LogP contribution in [0.3, 0.4) is 0 Å². The van der Waals surface area contributed by atoms with Gasteiger partial charge in [-0.3, -0.25) is 4.79 Å². The molecule has 1 aromatic carbocycles. The second-order valence-electron chi connectivity index (χ2n) is 6.01. The van der Waals surface area contributed by atoms with Crippen LogP contribution in [0.4, 0.5) is 0 Å². The minimum Gasteiger partial charge on any atom is -0.493 e. The number of ketones is 1. The first kappa shape index (κ1) is 21.6. The molecular weight excluding hydrogens is 340 g/mol. The lowest BCUT2D eigenvalue weighted by molar-refractivity contribution is -0.159. The van der Waals surface area contributed by atoms with Gasteiger partial charge in [0.15, 0.2) is 5.78 Å². The number of benzene rings is 1. The van der Waals surface area contributed by atoms with Crippen molar-refractivity contribution >= 4 is 17.7 Å². The fourth-order valence-corrected chi connectivity index (χ4v) is 2.43. The predicted molar refractivity (Wildman–Crippen MR) is 95.8 cm³/mol. The first-order valence-electron chi connectivity index (χ1n) is 8.41. The third-order valence-electron chi connectivity index (χ3n) is 3.92. The highest BCUT2D eigenvalue weighted by atomic mass is 16.5. The number of Topliss-reactive ketones (excluding diaryl/α,β-unsaturated/α-hetero) is 1. The van der Waals surface area contributed by atoms with Gasteiger partial charge in [0, 0.05) is 32.7 Å². The molecule has 0 radical (unpaired) electrons. The number of ether oxygens (including phenoxy) is 1. The fraction of sp³-hybridized carbons (Fsp3) is 0.500. The van der Waals surface area contributed by atoms with E-state index in [4.69, 9.17) is 24.5 Å². The number of piperazine rings is 1. The average molecular weight is 366 g/mol. The van der Waals surface area contributed by atoms with E-state index in [1.807, 2.05) is 24.3 Å². The number of carbonyl (C=O) groups is 3. The Labute approximate surface area is 153 Å². The first-order chi connectivity index (χ1) is 12.3. The summed E-state index contributed by atoms with van der Waals surface area (Å²) in [4.78, 5) is 34.5. The topological polar surface area (TPSA) is 107 Å². The minimum absolute atomic E-state index is 0.0552. The summed E-state index contributed by atoms with van der Waals surface area (Å²) in [6.07, 6.45) is 0.996. The quantitative estimate of drug-likeness (QED) is 0.437. The van der Waals surface area contributed by atoms with Gasteiger partial charge in [-0.1, -0.05) is 12.1 Å². The normalized spacial score (nSPS) is 14.8. The zero-order valence-electron chi connectivity index (χ0n) is 15.2. The highest BCUT2D eigenvalue weighted by Crippen LogP contribution is 2.18. The lowest BCUT2D eigenvalue weighted by Gasteiger charge is -2.32. The summed E-state index contributed by atoms with van der Waals surface area (Å²) in [5, 5.41) is 14.8. The SMILES string of the molecule is CC(=O)c1ccccc1OCCCN1CCN(C)CC1.O=C(O)C(=O)O. The first-order valence-corrected chi connectivity index (χ1v) is 8.41. The van der Waals surface area contributed by atoms with Gasteiger partial charge in [0.05, 0.1) is 12.2 Å². The third-order valence-corrected chi connectivity index (χ3v) is 3.92. The highest BCUT2D eigenvalue weighted by molar-refractivity contribution is 6.27. The summed E-state index contributed by atoms with van der Waals surface area (Å²) in [6.45, 7) is 7.88. The maximum atomic E-state index is 11.5. The fourth-order valence-electron chi connectivity index (χ4n) is 2.43. The molecule has 0 bridgehead atoms. The molecule has 2 N–H and O–H groups in total. The van der Waals surface area contributed by atoms with Crippen LogP contribution in [-0.4, -0.2) is 84.1 Å². The van der Waals surface area contributed by atoms with Crippen LogP contribution < -0.4 is 4.74 Å². The second-order valence-corrected chi connectivity index (χ2v) is 6.01. The van der Waals surface area contributed by atoms with Gasteiger partial charge in [-0.05, 0) is 32.5 Å². The molecule has 8 nitrogen and oxygen atoms in total. The molecule has 1 saturated heterocycles. The second kappa shape index (κ2) is 11.2. The van der Waals surface area contributed by atoms with Crippen molar-refractivity contribution in [3.63, 3.8) is 0 Å². The number of rotatable bonds is 6. The van der Waals surface area contributed by atoms with Gasteiger partial charge in [0.2, 0.25) is 0 Å². The Hall–Kier alpha value is -2.45. The lowest BCUT2D eigenvalue weighted by atomic mass is 10.1. The van der Waals surface area contributed by atoms with Crippen molar-refractivity contribution in [1.29, 1.82) is 0 Å². The van der Waals surface area contributed by atoms with E-state index in [-0.39, 0.29) is 5.78 Å². The average Bonchev–Trinajstić information content (AvgIpc) is 2.61. The standard InChI is InChI=1S/C16H24N2O2.C2H2O4/c1-14(19)15-6-3-4-7-16(15)20-13-5-8-18-11-9-17(2)10-12-18;3-1(4)2(5)6/h3-4,6-7H,5,8-13H2,1-2H3;(H,3,4)(H,5,6).